The van der Waals surface area contributed by atoms with E-state index in [0.717, 1.165) is 23.0 Å². The largest absolute Gasteiger partial charge is 0.481 e. The molecule has 0 fully saturated rings. The summed E-state index contributed by atoms with van der Waals surface area (Å²) in [4.78, 5) is 21.4. The molecule has 0 spiro atoms. The fraction of sp³-hybridized carbons (Fsp3) is 0.179. The quantitative estimate of drug-likeness (QED) is 0.319. The summed E-state index contributed by atoms with van der Waals surface area (Å²) in [6, 6.07) is 14.7. The van der Waals surface area contributed by atoms with Crippen molar-refractivity contribution in [3.63, 3.8) is 0 Å². The van der Waals surface area contributed by atoms with Gasteiger partial charge in [0.25, 0.3) is 0 Å². The lowest BCUT2D eigenvalue weighted by atomic mass is 10.1. The molecule has 5 rings (SSSR count). The van der Waals surface area contributed by atoms with Crippen molar-refractivity contribution in [2.24, 2.45) is 0 Å². The lowest BCUT2D eigenvalue weighted by molar-refractivity contribution is -0.136. The highest BCUT2D eigenvalue weighted by atomic mass is 19.1. The van der Waals surface area contributed by atoms with E-state index in [1.54, 1.807) is 10.6 Å². The van der Waals surface area contributed by atoms with E-state index >= 15 is 0 Å². The maximum absolute atomic E-state index is 13.9. The average Bonchev–Trinajstić information content (AvgIpc) is 3.32. The van der Waals surface area contributed by atoms with Crippen molar-refractivity contribution in [1.29, 1.82) is 0 Å². The number of hydrogen-bond donors (Lipinski definition) is 1. The van der Waals surface area contributed by atoms with E-state index in [1.807, 2.05) is 50.2 Å². The van der Waals surface area contributed by atoms with Crippen LogP contribution in [0.2, 0.25) is 0 Å². The molecule has 2 aromatic carbocycles. The van der Waals surface area contributed by atoms with Crippen molar-refractivity contribution < 1.29 is 23.1 Å². The molecule has 0 radical (unpaired) electrons. The molecule has 0 aliphatic heterocycles. The first-order valence-corrected chi connectivity index (χ1v) is 11.4. The number of carbonyl (C=O) groups is 1. The van der Waals surface area contributed by atoms with E-state index in [4.69, 9.17) is 14.4 Å². The van der Waals surface area contributed by atoms with E-state index in [2.05, 4.69) is 0 Å². The van der Waals surface area contributed by atoms with Crippen LogP contribution in [0.3, 0.4) is 0 Å². The topological polar surface area (TPSA) is 80.6 Å². The van der Waals surface area contributed by atoms with Gasteiger partial charge in [-0.25, -0.2) is 18.7 Å². The fourth-order valence-electron chi connectivity index (χ4n) is 4.35. The number of rotatable bonds is 7. The zero-order valence-corrected chi connectivity index (χ0v) is 19.8. The molecule has 36 heavy (non-hydrogen) atoms. The number of fused-ring (bicyclic) bond motifs is 1. The number of hydrogen-bond acceptors (Lipinski definition) is 4. The van der Waals surface area contributed by atoms with Gasteiger partial charge in [0.1, 0.15) is 23.2 Å². The van der Waals surface area contributed by atoms with Crippen LogP contribution in [0.25, 0.3) is 16.9 Å². The Morgan fingerprint density at radius 3 is 2.33 bits per heavy atom. The fourth-order valence-corrected chi connectivity index (χ4v) is 4.35. The highest BCUT2D eigenvalue weighted by Crippen LogP contribution is 2.27. The van der Waals surface area contributed by atoms with Crippen LogP contribution in [0.4, 0.5) is 8.78 Å². The molecule has 0 bridgehead atoms. The second kappa shape index (κ2) is 9.37. The molecule has 6 nitrogen and oxygen atoms in total. The van der Waals surface area contributed by atoms with Crippen LogP contribution in [0, 0.1) is 25.5 Å². The number of aliphatic carboxylic acids is 1. The molecule has 0 saturated heterocycles. The van der Waals surface area contributed by atoms with Crippen molar-refractivity contribution in [2.75, 3.05) is 0 Å². The summed E-state index contributed by atoms with van der Waals surface area (Å²) in [5.74, 6) is -0.907. The van der Waals surface area contributed by atoms with Gasteiger partial charge < -0.3 is 9.52 Å². The van der Waals surface area contributed by atoms with Crippen molar-refractivity contribution >= 4 is 11.6 Å². The van der Waals surface area contributed by atoms with Gasteiger partial charge >= 0.3 is 5.97 Å². The van der Waals surface area contributed by atoms with E-state index in [-0.39, 0.29) is 12.8 Å². The molecule has 8 heteroatoms. The average molecular weight is 488 g/mol. The third-order valence-electron chi connectivity index (χ3n) is 6.10. The molecule has 0 saturated carbocycles. The second-order valence-electron chi connectivity index (χ2n) is 8.79. The number of benzene rings is 2. The number of carboxylic acid groups (broad SMARTS) is 1. The van der Waals surface area contributed by atoms with Crippen molar-refractivity contribution in [2.45, 2.75) is 33.1 Å². The Bertz CT molecular complexity index is 1550. The molecular formula is C28H23F2N3O3. The molecule has 0 unspecified atom stereocenters. The Labute approximate surface area is 205 Å². The van der Waals surface area contributed by atoms with Gasteiger partial charge in [0.15, 0.2) is 5.65 Å². The van der Waals surface area contributed by atoms with Crippen LogP contribution < -0.4 is 0 Å². The summed E-state index contributed by atoms with van der Waals surface area (Å²) in [7, 11) is 0. The molecule has 182 valence electrons. The summed E-state index contributed by atoms with van der Waals surface area (Å²) in [6.45, 7) is 3.81. The molecule has 0 atom stereocenters. The smallest absolute Gasteiger partial charge is 0.309 e. The number of aryl methyl sites for hydroxylation is 2. The van der Waals surface area contributed by atoms with Gasteiger partial charge in [0, 0.05) is 24.2 Å². The van der Waals surface area contributed by atoms with Gasteiger partial charge in [-0.1, -0.05) is 30.3 Å². The molecule has 0 aliphatic rings. The van der Waals surface area contributed by atoms with Crippen molar-refractivity contribution in [3.8, 4) is 11.3 Å². The summed E-state index contributed by atoms with van der Waals surface area (Å²) in [6.07, 6.45) is 1.91. The van der Waals surface area contributed by atoms with E-state index in [0.29, 0.717) is 46.2 Å². The first-order valence-electron chi connectivity index (χ1n) is 11.4. The van der Waals surface area contributed by atoms with Crippen molar-refractivity contribution in [3.05, 3.63) is 112 Å². The maximum Gasteiger partial charge on any atom is 0.309 e. The minimum atomic E-state index is -1.00. The third-order valence-corrected chi connectivity index (χ3v) is 6.10. The molecular weight excluding hydrogens is 464 g/mol. The van der Waals surface area contributed by atoms with Gasteiger partial charge in [0.2, 0.25) is 0 Å². The number of halogens is 2. The first-order chi connectivity index (χ1) is 17.3. The molecule has 0 amide bonds. The summed E-state index contributed by atoms with van der Waals surface area (Å²) in [5, 5.41) is 9.67. The van der Waals surface area contributed by atoms with E-state index in [9.17, 15) is 18.7 Å². The first kappa shape index (κ1) is 23.4. The number of nitrogens with zero attached hydrogens (tertiary/aromatic N) is 3. The van der Waals surface area contributed by atoms with Crippen LogP contribution in [0.1, 0.15) is 39.7 Å². The summed E-state index contributed by atoms with van der Waals surface area (Å²) < 4.78 is 35.4. The lowest BCUT2D eigenvalue weighted by Gasteiger charge is -2.10. The Kier molecular flexibility index (Phi) is 6.10. The standard InChI is InChI=1S/C28H23F2N3O3/c1-16-8-22(36-17(16)2)13-23-26(14-27(34)35)33-15-25(19-6-4-3-5-7-19)31-24(28(33)32-23)11-18-9-20(29)12-21(30)10-18/h3-10,12,15H,11,13-14H2,1-2H3,(H,34,35). The molecule has 0 aliphatic carbocycles. The predicted octanol–water partition coefficient (Wildman–Crippen LogP) is 5.69. The normalized spacial score (nSPS) is 11.3. The van der Waals surface area contributed by atoms with Crippen LogP contribution in [-0.2, 0) is 24.1 Å². The minimum Gasteiger partial charge on any atom is -0.481 e. The molecule has 3 aromatic heterocycles. The monoisotopic (exact) mass is 487 g/mol. The second-order valence-corrected chi connectivity index (χ2v) is 8.79. The Morgan fingerprint density at radius 1 is 0.972 bits per heavy atom. The van der Waals surface area contributed by atoms with E-state index in [1.165, 1.54) is 12.1 Å². The molecule has 1 N–H and O–H groups in total. The highest BCUT2D eigenvalue weighted by Gasteiger charge is 2.21. The third kappa shape index (κ3) is 4.75. The van der Waals surface area contributed by atoms with Crippen LogP contribution in [0.15, 0.2) is 65.2 Å². The Balaban J connectivity index is 1.71. The predicted molar refractivity (Wildman–Crippen MR) is 130 cm³/mol. The maximum atomic E-state index is 13.9. The SMILES string of the molecule is Cc1cc(Cc2nc3c(Cc4cc(F)cc(F)c4)nc(-c4ccccc4)cn3c2CC(=O)O)oc1C. The van der Waals surface area contributed by atoms with Crippen molar-refractivity contribution in [1.82, 2.24) is 14.4 Å². The van der Waals surface area contributed by atoms with Crippen LogP contribution in [-0.4, -0.2) is 25.4 Å². The van der Waals surface area contributed by atoms with Gasteiger partial charge in [-0.3, -0.25) is 9.20 Å². The Morgan fingerprint density at radius 2 is 1.69 bits per heavy atom. The number of imidazole rings is 1. The number of carboxylic acids is 1. The molecule has 3 heterocycles. The van der Waals surface area contributed by atoms with Crippen LogP contribution >= 0.6 is 0 Å². The Hall–Kier alpha value is -4.33. The minimum absolute atomic E-state index is 0.112. The summed E-state index contributed by atoms with van der Waals surface area (Å²) >= 11 is 0. The lowest BCUT2D eigenvalue weighted by Crippen LogP contribution is -2.08. The van der Waals surface area contributed by atoms with Crippen LogP contribution in [0.5, 0.6) is 0 Å². The van der Waals surface area contributed by atoms with E-state index < -0.39 is 17.6 Å². The number of aromatic nitrogens is 3. The summed E-state index contributed by atoms with van der Waals surface area (Å²) in [5.41, 5.74) is 4.76. The zero-order valence-electron chi connectivity index (χ0n) is 19.8. The molecule has 5 aromatic rings. The van der Waals surface area contributed by atoms with Gasteiger partial charge in [-0.15, -0.1) is 0 Å². The highest BCUT2D eigenvalue weighted by molar-refractivity contribution is 5.71. The number of furan rings is 1. The van der Waals surface area contributed by atoms with Gasteiger partial charge in [-0.2, -0.15) is 0 Å². The zero-order chi connectivity index (χ0) is 25.4. The van der Waals surface area contributed by atoms with Gasteiger partial charge in [-0.05, 0) is 43.2 Å². The van der Waals surface area contributed by atoms with Gasteiger partial charge in [0.05, 0.1) is 35.6 Å².